The first-order chi connectivity index (χ1) is 20.7. The van der Waals surface area contributed by atoms with Gasteiger partial charge in [-0.3, -0.25) is 10.1 Å². The molecule has 2 atom stereocenters. The summed E-state index contributed by atoms with van der Waals surface area (Å²) in [5.74, 6) is 1.54. The Morgan fingerprint density at radius 2 is 2.02 bits per heavy atom. The number of imidazole rings is 1. The number of nitrogens with one attached hydrogen (secondary N) is 3. The van der Waals surface area contributed by atoms with Gasteiger partial charge in [-0.2, -0.15) is 0 Å². The summed E-state index contributed by atoms with van der Waals surface area (Å²) in [6.07, 6.45) is 3.79. The van der Waals surface area contributed by atoms with Crippen molar-refractivity contribution >= 4 is 40.3 Å². The van der Waals surface area contributed by atoms with Crippen LogP contribution in [0.3, 0.4) is 0 Å². The maximum absolute atomic E-state index is 13.0. The summed E-state index contributed by atoms with van der Waals surface area (Å²) in [5.41, 5.74) is 1.05. The average Bonchev–Trinajstić information content (AvgIpc) is 3.68. The third-order valence-corrected chi connectivity index (χ3v) is 8.46. The lowest BCUT2D eigenvalue weighted by atomic mass is 9.92. The second-order valence-electron chi connectivity index (χ2n) is 13.1. The van der Waals surface area contributed by atoms with Crippen LogP contribution >= 0.6 is 11.3 Å². The highest BCUT2D eigenvalue weighted by Gasteiger charge is 2.29. The zero-order valence-corrected chi connectivity index (χ0v) is 27.0. The average molecular weight is 623 g/mol. The molecule has 0 spiro atoms. The van der Waals surface area contributed by atoms with Crippen LogP contribution in [0.2, 0.25) is 0 Å². The molecule has 2 unspecified atom stereocenters. The molecule has 1 saturated heterocycles. The van der Waals surface area contributed by atoms with Gasteiger partial charge in [0.15, 0.2) is 11.7 Å². The van der Waals surface area contributed by atoms with Gasteiger partial charge in [-0.1, -0.05) is 6.07 Å². The molecule has 11 nitrogen and oxygen atoms in total. The van der Waals surface area contributed by atoms with Gasteiger partial charge in [0.1, 0.15) is 5.60 Å². The number of rotatable bonds is 9. The number of benzene rings is 1. The molecule has 2 amide bonds. The van der Waals surface area contributed by atoms with E-state index in [9.17, 15) is 14.7 Å². The SMILES string of the molecule is Cc1ncc(-c2ccc(C(=O)Nc3nc4ccc(C(CC(C)(C)O)NCC5CCCN(C(=O)OC(C)(C)C)C5)cc4[nH]3)s2)o1. The Labute approximate surface area is 261 Å². The Morgan fingerprint density at radius 3 is 2.73 bits per heavy atom. The number of aliphatic hydroxyl groups is 1. The number of carbonyl (C=O) groups is 2. The Morgan fingerprint density at radius 1 is 1.23 bits per heavy atom. The van der Waals surface area contributed by atoms with E-state index in [0.717, 1.165) is 34.3 Å². The lowest BCUT2D eigenvalue weighted by Gasteiger charge is -2.35. The number of anilines is 1. The molecule has 1 aromatic carbocycles. The summed E-state index contributed by atoms with van der Waals surface area (Å²) in [6.45, 7) is 13.0. The smallest absolute Gasteiger partial charge is 0.410 e. The third kappa shape index (κ3) is 8.25. The maximum atomic E-state index is 13.0. The van der Waals surface area contributed by atoms with E-state index in [0.29, 0.717) is 48.5 Å². The minimum atomic E-state index is -0.904. The van der Waals surface area contributed by atoms with Crippen LogP contribution in [-0.2, 0) is 4.74 Å². The molecule has 44 heavy (non-hydrogen) atoms. The van der Waals surface area contributed by atoms with Crippen LogP contribution < -0.4 is 10.6 Å². The van der Waals surface area contributed by atoms with Crippen molar-refractivity contribution in [2.45, 2.75) is 78.0 Å². The molecular weight excluding hydrogens is 580 g/mol. The largest absolute Gasteiger partial charge is 0.444 e. The Balaban J connectivity index is 1.26. The number of hydrogen-bond acceptors (Lipinski definition) is 9. The quantitative estimate of drug-likeness (QED) is 0.171. The van der Waals surface area contributed by atoms with Crippen molar-refractivity contribution in [3.8, 4) is 10.6 Å². The van der Waals surface area contributed by atoms with Crippen LogP contribution in [0, 0.1) is 12.8 Å². The number of fused-ring (bicyclic) bond motifs is 1. The number of carbonyl (C=O) groups excluding carboxylic acids is 2. The van der Waals surface area contributed by atoms with Crippen molar-refractivity contribution in [1.82, 2.24) is 25.2 Å². The molecule has 3 aromatic heterocycles. The van der Waals surface area contributed by atoms with E-state index < -0.39 is 11.2 Å². The van der Waals surface area contributed by atoms with E-state index >= 15 is 0 Å². The summed E-state index contributed by atoms with van der Waals surface area (Å²) < 4.78 is 11.2. The van der Waals surface area contributed by atoms with Gasteiger partial charge in [-0.25, -0.2) is 14.8 Å². The van der Waals surface area contributed by atoms with Crippen molar-refractivity contribution in [1.29, 1.82) is 0 Å². The Bertz CT molecular complexity index is 1610. The molecule has 4 aromatic rings. The summed E-state index contributed by atoms with van der Waals surface area (Å²) in [6, 6.07) is 9.36. The summed E-state index contributed by atoms with van der Waals surface area (Å²) in [7, 11) is 0. The molecule has 4 heterocycles. The fourth-order valence-electron chi connectivity index (χ4n) is 5.38. The fraction of sp³-hybridized carbons (Fsp3) is 0.500. The number of oxazole rings is 1. The molecule has 1 aliphatic rings. The highest BCUT2D eigenvalue weighted by atomic mass is 32.1. The van der Waals surface area contributed by atoms with Crippen LogP contribution in [0.25, 0.3) is 21.7 Å². The molecule has 236 valence electrons. The van der Waals surface area contributed by atoms with Crippen molar-refractivity contribution in [3.05, 3.63) is 52.9 Å². The monoisotopic (exact) mass is 622 g/mol. The molecule has 0 aliphatic carbocycles. The molecular formula is C32H42N6O5S. The van der Waals surface area contributed by atoms with Gasteiger partial charge in [0.25, 0.3) is 5.91 Å². The van der Waals surface area contributed by atoms with E-state index in [-0.39, 0.29) is 24.0 Å². The third-order valence-electron chi connectivity index (χ3n) is 7.36. The molecule has 0 bridgehead atoms. The maximum Gasteiger partial charge on any atom is 0.410 e. The number of ether oxygens (including phenoxy) is 1. The van der Waals surface area contributed by atoms with Gasteiger partial charge in [-0.05, 0) is 89.6 Å². The first-order valence-corrected chi connectivity index (χ1v) is 15.8. The van der Waals surface area contributed by atoms with Gasteiger partial charge in [0.2, 0.25) is 5.95 Å². The number of amides is 2. The van der Waals surface area contributed by atoms with Crippen molar-refractivity contribution in [3.63, 3.8) is 0 Å². The summed E-state index contributed by atoms with van der Waals surface area (Å²) in [4.78, 5) is 40.7. The first-order valence-electron chi connectivity index (χ1n) is 15.0. The summed E-state index contributed by atoms with van der Waals surface area (Å²) in [5, 5.41) is 17.2. The molecule has 0 saturated carbocycles. The van der Waals surface area contributed by atoms with E-state index in [2.05, 4.69) is 25.6 Å². The number of aromatic nitrogens is 3. The van der Waals surface area contributed by atoms with E-state index in [1.54, 1.807) is 37.9 Å². The van der Waals surface area contributed by atoms with Gasteiger partial charge < -0.3 is 29.5 Å². The molecule has 12 heteroatoms. The van der Waals surface area contributed by atoms with Gasteiger partial charge in [0.05, 0.1) is 32.6 Å². The number of aryl methyl sites for hydroxylation is 1. The zero-order chi connectivity index (χ0) is 31.6. The Kier molecular flexibility index (Phi) is 9.15. The number of piperidine rings is 1. The molecule has 1 fully saturated rings. The minimum absolute atomic E-state index is 0.137. The number of hydrogen-bond donors (Lipinski definition) is 4. The lowest BCUT2D eigenvalue weighted by Crippen LogP contribution is -2.45. The normalized spacial score (nSPS) is 16.7. The van der Waals surface area contributed by atoms with E-state index in [1.807, 2.05) is 45.0 Å². The van der Waals surface area contributed by atoms with Crippen LogP contribution in [0.15, 0.2) is 40.9 Å². The lowest BCUT2D eigenvalue weighted by molar-refractivity contribution is 0.0162. The highest BCUT2D eigenvalue weighted by Crippen LogP contribution is 2.30. The predicted octanol–water partition coefficient (Wildman–Crippen LogP) is 6.28. The van der Waals surface area contributed by atoms with Crippen molar-refractivity contribution < 1.29 is 23.8 Å². The fourth-order valence-corrected chi connectivity index (χ4v) is 6.23. The molecule has 4 N–H and O–H groups in total. The topological polar surface area (TPSA) is 146 Å². The van der Waals surface area contributed by atoms with Crippen LogP contribution in [0.1, 0.15) is 81.0 Å². The highest BCUT2D eigenvalue weighted by molar-refractivity contribution is 7.17. The molecule has 0 radical (unpaired) electrons. The van der Waals surface area contributed by atoms with Crippen LogP contribution in [0.4, 0.5) is 10.7 Å². The van der Waals surface area contributed by atoms with E-state index in [4.69, 9.17) is 9.15 Å². The zero-order valence-electron chi connectivity index (χ0n) is 26.2. The van der Waals surface area contributed by atoms with E-state index in [1.165, 1.54) is 11.3 Å². The summed E-state index contributed by atoms with van der Waals surface area (Å²) >= 11 is 1.32. The number of thiophene rings is 1. The van der Waals surface area contributed by atoms with Crippen molar-refractivity contribution in [2.75, 3.05) is 25.0 Å². The van der Waals surface area contributed by atoms with Crippen molar-refractivity contribution in [2.24, 2.45) is 5.92 Å². The number of aromatic amines is 1. The number of likely N-dealkylation sites (tertiary alicyclic amines) is 1. The number of nitrogens with zero attached hydrogens (tertiary/aromatic N) is 3. The standard InChI is InChI=1S/C32H42N6O5S/c1-19-33-17-25(42-19)26-11-12-27(44-26)28(39)37-29-35-22-10-9-21(14-23(22)36-29)24(15-32(5,6)41)34-16-20-8-7-13-38(18-20)30(40)43-31(2,3)4/h9-12,14,17,20,24,34,41H,7-8,13,15-16,18H2,1-6H3,(H2,35,36,37,39). The number of H-pyrrole nitrogens is 1. The van der Waals surface area contributed by atoms with Crippen LogP contribution in [-0.4, -0.2) is 67.8 Å². The van der Waals surface area contributed by atoms with Crippen LogP contribution in [0.5, 0.6) is 0 Å². The second-order valence-corrected chi connectivity index (χ2v) is 14.2. The van der Waals surface area contributed by atoms with Gasteiger partial charge in [-0.15, -0.1) is 11.3 Å². The minimum Gasteiger partial charge on any atom is -0.444 e. The first kappa shape index (κ1) is 31.7. The second kappa shape index (κ2) is 12.7. The Hall–Kier alpha value is -3.74. The van der Waals surface area contributed by atoms with Gasteiger partial charge in [0, 0.05) is 32.6 Å². The molecule has 1 aliphatic heterocycles. The predicted molar refractivity (Wildman–Crippen MR) is 171 cm³/mol. The molecule has 5 rings (SSSR count). The van der Waals surface area contributed by atoms with Gasteiger partial charge >= 0.3 is 6.09 Å².